The summed E-state index contributed by atoms with van der Waals surface area (Å²) in [7, 11) is 0. The second-order valence-electron chi connectivity index (χ2n) is 7.84. The topological polar surface area (TPSA) is 97.6 Å². The maximum absolute atomic E-state index is 12.1. The Morgan fingerprint density at radius 1 is 1.43 bits per heavy atom. The van der Waals surface area contributed by atoms with E-state index in [1.165, 1.54) is 6.20 Å². The molecule has 0 radical (unpaired) electrons. The molecular formula is C19H23BrN4O4. The molecule has 1 amide bonds. The van der Waals surface area contributed by atoms with Crippen LogP contribution in [0.4, 0.5) is 16.2 Å². The molecule has 1 saturated heterocycles. The number of aromatic nitrogens is 1. The molecule has 2 heterocycles. The molecule has 1 atom stereocenters. The fraction of sp³-hybridized carbons (Fsp3) is 0.474. The SMILES string of the molecule is CC(C)(C)OC(=O)N[C@H]1CCCN(c2c([N+](=O)[O-])cnc3ccc(Br)cc23)C1. The van der Waals surface area contributed by atoms with Crippen molar-refractivity contribution in [3.8, 4) is 0 Å². The van der Waals surface area contributed by atoms with Gasteiger partial charge in [0.15, 0.2) is 0 Å². The van der Waals surface area contributed by atoms with Crippen LogP contribution >= 0.6 is 15.9 Å². The summed E-state index contributed by atoms with van der Waals surface area (Å²) in [5.74, 6) is 0. The Kier molecular flexibility index (Phi) is 5.74. The van der Waals surface area contributed by atoms with Crippen LogP contribution in [0.2, 0.25) is 0 Å². The third-order valence-electron chi connectivity index (χ3n) is 4.44. The monoisotopic (exact) mass is 450 g/mol. The number of hydrogen-bond donors (Lipinski definition) is 1. The molecule has 0 saturated carbocycles. The number of pyridine rings is 1. The molecule has 0 spiro atoms. The Hall–Kier alpha value is -2.42. The first-order valence-electron chi connectivity index (χ1n) is 9.11. The van der Waals surface area contributed by atoms with Crippen LogP contribution in [0.25, 0.3) is 10.9 Å². The van der Waals surface area contributed by atoms with E-state index >= 15 is 0 Å². The van der Waals surface area contributed by atoms with Crippen molar-refractivity contribution in [2.45, 2.75) is 45.3 Å². The summed E-state index contributed by atoms with van der Waals surface area (Å²) >= 11 is 3.43. The van der Waals surface area contributed by atoms with E-state index in [0.717, 1.165) is 17.3 Å². The molecule has 1 aliphatic rings. The van der Waals surface area contributed by atoms with Gasteiger partial charge in [-0.15, -0.1) is 0 Å². The number of benzene rings is 1. The number of ether oxygens (including phenoxy) is 1. The van der Waals surface area contributed by atoms with E-state index in [1.54, 1.807) is 0 Å². The van der Waals surface area contributed by atoms with Gasteiger partial charge in [0.1, 0.15) is 17.5 Å². The van der Waals surface area contributed by atoms with Crippen molar-refractivity contribution in [2.24, 2.45) is 0 Å². The lowest BCUT2D eigenvalue weighted by Crippen LogP contribution is -2.49. The van der Waals surface area contributed by atoms with E-state index in [9.17, 15) is 14.9 Å². The number of carbonyl (C=O) groups is 1. The molecule has 1 N–H and O–H groups in total. The summed E-state index contributed by atoms with van der Waals surface area (Å²) in [6.07, 6.45) is 2.42. The predicted molar refractivity (Wildman–Crippen MR) is 111 cm³/mol. The maximum Gasteiger partial charge on any atom is 0.407 e. The second-order valence-corrected chi connectivity index (χ2v) is 8.76. The summed E-state index contributed by atoms with van der Waals surface area (Å²) in [6, 6.07) is 5.37. The molecule has 8 nitrogen and oxygen atoms in total. The van der Waals surface area contributed by atoms with Crippen molar-refractivity contribution in [2.75, 3.05) is 18.0 Å². The number of carbonyl (C=O) groups excluding carboxylic acids is 1. The largest absolute Gasteiger partial charge is 0.444 e. The lowest BCUT2D eigenvalue weighted by molar-refractivity contribution is -0.384. The van der Waals surface area contributed by atoms with Gasteiger partial charge in [-0.25, -0.2) is 9.78 Å². The molecule has 0 bridgehead atoms. The number of nitrogens with one attached hydrogen (secondary N) is 1. The minimum absolute atomic E-state index is 0.0384. The standard InChI is InChI=1S/C19H23BrN4O4/c1-19(2,3)28-18(25)22-13-5-4-8-23(11-13)17-14-9-12(20)6-7-15(14)21-10-16(17)24(26)27/h6-7,9-10,13H,4-5,8,11H2,1-3H3,(H,22,25)/t13-/m0/s1. The van der Waals surface area contributed by atoms with Gasteiger partial charge in [-0.3, -0.25) is 10.1 Å². The fourth-order valence-corrected chi connectivity index (χ4v) is 3.74. The Bertz CT molecular complexity index is 913. The molecule has 0 unspecified atom stereocenters. The first kappa shape index (κ1) is 20.3. The minimum Gasteiger partial charge on any atom is -0.444 e. The zero-order valence-corrected chi connectivity index (χ0v) is 17.7. The number of alkyl carbamates (subject to hydrolysis) is 1. The number of hydrogen-bond acceptors (Lipinski definition) is 6. The summed E-state index contributed by atoms with van der Waals surface area (Å²) in [6.45, 7) is 6.56. The number of halogens is 1. The zero-order valence-electron chi connectivity index (χ0n) is 16.1. The third kappa shape index (κ3) is 4.70. The second kappa shape index (κ2) is 7.90. The van der Waals surface area contributed by atoms with Crippen molar-refractivity contribution < 1.29 is 14.5 Å². The predicted octanol–water partition coefficient (Wildman–Crippen LogP) is 4.40. The molecule has 1 aromatic carbocycles. The maximum atomic E-state index is 12.1. The average Bonchev–Trinajstić information content (AvgIpc) is 2.59. The van der Waals surface area contributed by atoms with Crippen LogP contribution in [0, 0.1) is 10.1 Å². The average molecular weight is 451 g/mol. The minimum atomic E-state index is -0.579. The molecule has 1 aliphatic heterocycles. The number of nitro groups is 1. The van der Waals surface area contributed by atoms with E-state index in [4.69, 9.17) is 4.74 Å². The number of nitrogens with zero attached hydrogens (tertiary/aromatic N) is 3. The van der Waals surface area contributed by atoms with Gasteiger partial charge in [-0.05, 0) is 51.8 Å². The first-order chi connectivity index (χ1) is 13.1. The zero-order chi connectivity index (χ0) is 20.5. The number of piperidine rings is 1. The molecule has 150 valence electrons. The molecule has 9 heteroatoms. The fourth-order valence-electron chi connectivity index (χ4n) is 3.38. The van der Waals surface area contributed by atoms with Crippen LogP contribution in [0.15, 0.2) is 28.9 Å². The highest BCUT2D eigenvalue weighted by molar-refractivity contribution is 9.10. The van der Waals surface area contributed by atoms with Crippen LogP contribution in [0.5, 0.6) is 0 Å². The van der Waals surface area contributed by atoms with Crippen LogP contribution in [0.3, 0.4) is 0 Å². The van der Waals surface area contributed by atoms with E-state index in [0.29, 0.717) is 29.7 Å². The van der Waals surface area contributed by atoms with Crippen molar-refractivity contribution in [3.63, 3.8) is 0 Å². The normalized spacial score (nSPS) is 17.4. The Morgan fingerprint density at radius 2 is 2.18 bits per heavy atom. The molecule has 28 heavy (non-hydrogen) atoms. The van der Waals surface area contributed by atoms with Crippen LogP contribution in [0.1, 0.15) is 33.6 Å². The summed E-state index contributed by atoms with van der Waals surface area (Å²) in [4.78, 5) is 29.5. The Labute approximate surface area is 171 Å². The van der Waals surface area contributed by atoms with Gasteiger partial charge in [0.2, 0.25) is 0 Å². The van der Waals surface area contributed by atoms with Gasteiger partial charge in [0.25, 0.3) is 0 Å². The lowest BCUT2D eigenvalue weighted by atomic mass is 10.0. The number of rotatable bonds is 3. The smallest absolute Gasteiger partial charge is 0.407 e. The van der Waals surface area contributed by atoms with E-state index < -0.39 is 16.6 Å². The van der Waals surface area contributed by atoms with E-state index in [-0.39, 0.29) is 11.7 Å². The Morgan fingerprint density at radius 3 is 2.86 bits per heavy atom. The summed E-state index contributed by atoms with van der Waals surface area (Å²) in [5, 5.41) is 15.2. The molecule has 0 aliphatic carbocycles. The molecule has 3 rings (SSSR count). The lowest BCUT2D eigenvalue weighted by Gasteiger charge is -2.35. The van der Waals surface area contributed by atoms with Gasteiger partial charge < -0.3 is 15.0 Å². The highest BCUT2D eigenvalue weighted by atomic mass is 79.9. The van der Waals surface area contributed by atoms with Gasteiger partial charge in [0, 0.05) is 29.0 Å². The highest BCUT2D eigenvalue weighted by Crippen LogP contribution is 2.37. The number of fused-ring (bicyclic) bond motifs is 1. The van der Waals surface area contributed by atoms with Crippen LogP contribution < -0.4 is 10.2 Å². The summed E-state index contributed by atoms with van der Waals surface area (Å²) < 4.78 is 6.16. The Balaban J connectivity index is 1.91. The summed E-state index contributed by atoms with van der Waals surface area (Å²) in [5.41, 5.74) is 0.603. The molecule has 1 aromatic heterocycles. The van der Waals surface area contributed by atoms with E-state index in [1.807, 2.05) is 43.9 Å². The highest BCUT2D eigenvalue weighted by Gasteiger charge is 2.29. The van der Waals surface area contributed by atoms with Crippen molar-refractivity contribution in [1.82, 2.24) is 10.3 Å². The van der Waals surface area contributed by atoms with Crippen LogP contribution in [-0.2, 0) is 4.74 Å². The van der Waals surface area contributed by atoms with Gasteiger partial charge in [-0.2, -0.15) is 0 Å². The number of amides is 1. The quantitative estimate of drug-likeness (QED) is 0.549. The third-order valence-corrected chi connectivity index (χ3v) is 4.93. The van der Waals surface area contributed by atoms with Crippen molar-refractivity contribution >= 4 is 44.3 Å². The van der Waals surface area contributed by atoms with Gasteiger partial charge in [0.05, 0.1) is 10.4 Å². The first-order valence-corrected chi connectivity index (χ1v) is 9.90. The molecule has 2 aromatic rings. The molecule has 1 fully saturated rings. The van der Waals surface area contributed by atoms with Crippen molar-refractivity contribution in [3.05, 3.63) is 39.0 Å². The van der Waals surface area contributed by atoms with Gasteiger partial charge in [-0.1, -0.05) is 15.9 Å². The van der Waals surface area contributed by atoms with Gasteiger partial charge >= 0.3 is 11.8 Å². The number of anilines is 1. The van der Waals surface area contributed by atoms with Crippen molar-refractivity contribution in [1.29, 1.82) is 0 Å². The van der Waals surface area contributed by atoms with E-state index in [2.05, 4.69) is 26.2 Å². The molecular weight excluding hydrogens is 428 g/mol. The van der Waals surface area contributed by atoms with Crippen LogP contribution in [-0.4, -0.2) is 40.7 Å².